The first-order valence-corrected chi connectivity index (χ1v) is 7.93. The van der Waals surface area contributed by atoms with Gasteiger partial charge in [0.2, 0.25) is 0 Å². The molecule has 1 N–H and O–H groups in total. The number of hydrogen-bond donors (Lipinski definition) is 1. The van der Waals surface area contributed by atoms with Gasteiger partial charge in [-0.1, -0.05) is 13.0 Å². The molecule has 0 bridgehead atoms. The van der Waals surface area contributed by atoms with Crippen LogP contribution in [-0.2, 0) is 4.74 Å². The summed E-state index contributed by atoms with van der Waals surface area (Å²) in [4.78, 5) is 0. The monoisotopic (exact) mass is 339 g/mol. The first-order chi connectivity index (χ1) is 9.76. The van der Waals surface area contributed by atoms with Crippen LogP contribution in [0.5, 0.6) is 5.75 Å². The summed E-state index contributed by atoms with van der Waals surface area (Å²) in [6.07, 6.45) is 5.22. The fourth-order valence-corrected chi connectivity index (χ4v) is 2.97. The molecule has 1 aliphatic rings. The maximum atomic E-state index is 5.50. The standard InChI is InChI=1S/C16H22BrNO2/c1-3-8-18-16(13-5-4-9-20-11-13)12-6-7-15(19-2)14(17)10-12/h6-7,10-11,16,18H,3-5,8-9H2,1-2H3. The lowest BCUT2D eigenvalue weighted by Crippen LogP contribution is -2.25. The maximum absolute atomic E-state index is 5.50. The van der Waals surface area contributed by atoms with Crippen molar-refractivity contribution in [1.29, 1.82) is 0 Å². The molecule has 1 aromatic rings. The molecule has 0 fully saturated rings. The third-order valence-corrected chi connectivity index (χ3v) is 4.06. The van der Waals surface area contributed by atoms with Gasteiger partial charge in [0.1, 0.15) is 5.75 Å². The maximum Gasteiger partial charge on any atom is 0.133 e. The van der Waals surface area contributed by atoms with Gasteiger partial charge in [-0.25, -0.2) is 0 Å². The van der Waals surface area contributed by atoms with Crippen LogP contribution < -0.4 is 10.1 Å². The van der Waals surface area contributed by atoms with E-state index in [9.17, 15) is 0 Å². The molecule has 0 saturated heterocycles. The van der Waals surface area contributed by atoms with Gasteiger partial charge in [-0.3, -0.25) is 0 Å². The van der Waals surface area contributed by atoms with E-state index in [-0.39, 0.29) is 6.04 Å². The first kappa shape index (κ1) is 15.4. The number of hydrogen-bond acceptors (Lipinski definition) is 3. The molecule has 1 aromatic carbocycles. The second-order valence-corrected chi connectivity index (χ2v) is 5.80. The van der Waals surface area contributed by atoms with Crippen molar-refractivity contribution in [2.75, 3.05) is 20.3 Å². The minimum absolute atomic E-state index is 0.220. The van der Waals surface area contributed by atoms with E-state index in [0.29, 0.717) is 0 Å². The predicted molar refractivity (Wildman–Crippen MR) is 85.0 cm³/mol. The van der Waals surface area contributed by atoms with E-state index in [0.717, 1.165) is 42.6 Å². The topological polar surface area (TPSA) is 30.5 Å². The summed E-state index contributed by atoms with van der Waals surface area (Å²) >= 11 is 3.56. The fourth-order valence-electron chi connectivity index (χ4n) is 2.41. The Hall–Kier alpha value is -1.00. The summed E-state index contributed by atoms with van der Waals surface area (Å²) in [5, 5.41) is 3.61. The second-order valence-electron chi connectivity index (χ2n) is 4.95. The van der Waals surface area contributed by atoms with Gasteiger partial charge in [0.05, 0.1) is 30.5 Å². The van der Waals surface area contributed by atoms with E-state index in [4.69, 9.17) is 9.47 Å². The lowest BCUT2D eigenvalue weighted by molar-refractivity contribution is 0.219. The molecule has 0 aromatic heterocycles. The van der Waals surface area contributed by atoms with Gasteiger partial charge in [-0.15, -0.1) is 0 Å². The molecule has 0 amide bonds. The van der Waals surface area contributed by atoms with Gasteiger partial charge >= 0.3 is 0 Å². The van der Waals surface area contributed by atoms with Gasteiger partial charge in [-0.05, 0) is 65.0 Å². The molecule has 20 heavy (non-hydrogen) atoms. The Labute approximate surface area is 129 Å². The Kier molecular flexibility index (Phi) is 5.92. The zero-order chi connectivity index (χ0) is 14.4. The number of halogens is 1. The summed E-state index contributed by atoms with van der Waals surface area (Å²) in [5.74, 6) is 0.858. The van der Waals surface area contributed by atoms with Gasteiger partial charge in [0, 0.05) is 0 Å². The Morgan fingerprint density at radius 3 is 2.90 bits per heavy atom. The molecule has 3 nitrogen and oxygen atoms in total. The van der Waals surface area contributed by atoms with Crippen LogP contribution in [0.1, 0.15) is 37.8 Å². The minimum atomic E-state index is 0.220. The van der Waals surface area contributed by atoms with Crippen LogP contribution in [0.4, 0.5) is 0 Å². The van der Waals surface area contributed by atoms with E-state index in [1.807, 2.05) is 12.3 Å². The Balaban J connectivity index is 2.25. The molecule has 0 radical (unpaired) electrons. The summed E-state index contributed by atoms with van der Waals surface area (Å²) in [6.45, 7) is 4.00. The van der Waals surface area contributed by atoms with E-state index in [1.54, 1.807) is 7.11 Å². The first-order valence-electron chi connectivity index (χ1n) is 7.13. The van der Waals surface area contributed by atoms with E-state index in [1.165, 1.54) is 11.1 Å². The van der Waals surface area contributed by atoms with E-state index in [2.05, 4.69) is 40.3 Å². The van der Waals surface area contributed by atoms with Crippen molar-refractivity contribution in [3.8, 4) is 5.75 Å². The quantitative estimate of drug-likeness (QED) is 0.842. The minimum Gasteiger partial charge on any atom is -0.501 e. The molecule has 1 heterocycles. The van der Waals surface area contributed by atoms with Crippen molar-refractivity contribution in [2.24, 2.45) is 0 Å². The number of nitrogens with one attached hydrogen (secondary N) is 1. The zero-order valence-electron chi connectivity index (χ0n) is 12.1. The van der Waals surface area contributed by atoms with Crippen LogP contribution in [0.3, 0.4) is 0 Å². The highest BCUT2D eigenvalue weighted by Crippen LogP contribution is 2.33. The van der Waals surface area contributed by atoms with Crippen molar-refractivity contribution in [1.82, 2.24) is 5.32 Å². The van der Waals surface area contributed by atoms with Crippen LogP contribution in [0, 0.1) is 0 Å². The van der Waals surface area contributed by atoms with Crippen molar-refractivity contribution < 1.29 is 9.47 Å². The normalized spacial score (nSPS) is 16.2. The van der Waals surface area contributed by atoms with Gasteiger partial charge in [-0.2, -0.15) is 0 Å². The molecule has 0 spiro atoms. The highest BCUT2D eigenvalue weighted by Gasteiger charge is 2.19. The van der Waals surface area contributed by atoms with E-state index < -0.39 is 0 Å². The molecular formula is C16H22BrNO2. The van der Waals surface area contributed by atoms with Crippen LogP contribution in [0.2, 0.25) is 0 Å². The lowest BCUT2D eigenvalue weighted by atomic mass is 9.95. The Bertz CT molecular complexity index is 474. The average Bonchev–Trinajstić information content (AvgIpc) is 2.49. The Morgan fingerprint density at radius 2 is 2.30 bits per heavy atom. The van der Waals surface area contributed by atoms with Crippen molar-refractivity contribution in [3.05, 3.63) is 40.1 Å². The van der Waals surface area contributed by atoms with E-state index >= 15 is 0 Å². The van der Waals surface area contributed by atoms with Crippen LogP contribution in [-0.4, -0.2) is 20.3 Å². The molecule has 1 aliphatic heterocycles. The summed E-state index contributed by atoms with van der Waals surface area (Å²) < 4.78 is 11.8. The summed E-state index contributed by atoms with van der Waals surface area (Å²) in [7, 11) is 1.68. The molecule has 1 atom stereocenters. The average molecular weight is 340 g/mol. The predicted octanol–water partition coefficient (Wildman–Crippen LogP) is 4.19. The molecule has 1 unspecified atom stereocenters. The van der Waals surface area contributed by atoms with Crippen LogP contribution in [0.25, 0.3) is 0 Å². The Morgan fingerprint density at radius 1 is 1.45 bits per heavy atom. The summed E-state index contributed by atoms with van der Waals surface area (Å²) in [5.41, 5.74) is 2.56. The number of rotatable bonds is 6. The lowest BCUT2D eigenvalue weighted by Gasteiger charge is -2.25. The smallest absolute Gasteiger partial charge is 0.133 e. The highest BCUT2D eigenvalue weighted by atomic mass is 79.9. The third kappa shape index (κ3) is 3.76. The zero-order valence-corrected chi connectivity index (χ0v) is 13.7. The summed E-state index contributed by atoms with van der Waals surface area (Å²) in [6, 6.07) is 6.47. The van der Waals surface area contributed by atoms with Gasteiger partial charge in [0.15, 0.2) is 0 Å². The molecule has 2 rings (SSSR count). The second kappa shape index (κ2) is 7.70. The largest absolute Gasteiger partial charge is 0.501 e. The highest BCUT2D eigenvalue weighted by molar-refractivity contribution is 9.10. The van der Waals surface area contributed by atoms with Crippen LogP contribution >= 0.6 is 15.9 Å². The molecule has 0 aliphatic carbocycles. The van der Waals surface area contributed by atoms with Crippen LogP contribution in [0.15, 0.2) is 34.5 Å². The molecule has 4 heteroatoms. The molecule has 110 valence electrons. The van der Waals surface area contributed by atoms with Gasteiger partial charge < -0.3 is 14.8 Å². The third-order valence-electron chi connectivity index (χ3n) is 3.44. The van der Waals surface area contributed by atoms with Gasteiger partial charge in [0.25, 0.3) is 0 Å². The van der Waals surface area contributed by atoms with Crippen molar-refractivity contribution in [3.63, 3.8) is 0 Å². The SMILES string of the molecule is CCCNC(C1=COCCC1)c1ccc(OC)c(Br)c1. The number of benzene rings is 1. The van der Waals surface area contributed by atoms with Crippen molar-refractivity contribution in [2.45, 2.75) is 32.2 Å². The fraction of sp³-hybridized carbons (Fsp3) is 0.500. The number of ether oxygens (including phenoxy) is 2. The van der Waals surface area contributed by atoms with Crippen molar-refractivity contribution >= 4 is 15.9 Å². The number of methoxy groups -OCH3 is 1. The molecule has 0 saturated carbocycles. The molecular weight excluding hydrogens is 318 g/mol.